The summed E-state index contributed by atoms with van der Waals surface area (Å²) in [7, 11) is -3.28. The second-order valence-corrected chi connectivity index (χ2v) is 6.90. The molecule has 0 aromatic carbocycles. The second kappa shape index (κ2) is 5.21. The predicted molar refractivity (Wildman–Crippen MR) is 65.2 cm³/mol. The van der Waals surface area contributed by atoms with Gasteiger partial charge in [0, 0.05) is 12.5 Å². The first-order valence-electron chi connectivity index (χ1n) is 5.48. The Bertz CT molecular complexity index is 333. The summed E-state index contributed by atoms with van der Waals surface area (Å²) in [5.41, 5.74) is -0.481. The average Bonchev–Trinajstić information content (AvgIpc) is 2.44. The first kappa shape index (κ1) is 14.2. The normalized spacial score (nSPS) is 32.9. The van der Waals surface area contributed by atoms with Gasteiger partial charge >= 0.3 is 0 Å². The molecule has 1 fully saturated rings. The maximum absolute atomic E-state index is 11.9. The minimum absolute atomic E-state index is 0.0413. The molecule has 96 valence electrons. The van der Waals surface area contributed by atoms with E-state index < -0.39 is 15.6 Å². The van der Waals surface area contributed by atoms with Crippen LogP contribution in [0.4, 0.5) is 0 Å². The summed E-state index contributed by atoms with van der Waals surface area (Å²) in [4.78, 5) is 0. The van der Waals surface area contributed by atoms with Crippen LogP contribution >= 0.6 is 11.6 Å². The number of rotatable bonds is 5. The van der Waals surface area contributed by atoms with Gasteiger partial charge < -0.3 is 4.74 Å². The topological polar surface area (TPSA) is 55.4 Å². The highest BCUT2D eigenvalue weighted by molar-refractivity contribution is 7.89. The number of nitrogens with one attached hydrogen (secondary N) is 1. The lowest BCUT2D eigenvalue weighted by Gasteiger charge is -2.28. The molecule has 1 saturated heterocycles. The summed E-state index contributed by atoms with van der Waals surface area (Å²) in [5, 5.41) is 0. The largest absolute Gasteiger partial charge is 0.376 e. The molecule has 1 heterocycles. The fourth-order valence-electron chi connectivity index (χ4n) is 1.78. The third-order valence-electron chi connectivity index (χ3n) is 3.04. The van der Waals surface area contributed by atoms with Gasteiger partial charge in [-0.3, -0.25) is 0 Å². The predicted octanol–water partition coefficient (Wildman–Crippen LogP) is 1.35. The van der Waals surface area contributed by atoms with Crippen LogP contribution in [0.15, 0.2) is 0 Å². The number of halogens is 1. The molecule has 16 heavy (non-hydrogen) atoms. The SMILES string of the molecule is CC(CCl)CS(=O)(=O)NC1(C)CCOC1C. The molecule has 6 heteroatoms. The molecule has 1 aliphatic heterocycles. The van der Waals surface area contributed by atoms with Gasteiger partial charge in [-0.15, -0.1) is 11.6 Å². The first-order chi connectivity index (χ1) is 7.29. The number of sulfonamides is 1. The van der Waals surface area contributed by atoms with Crippen molar-refractivity contribution in [2.24, 2.45) is 5.92 Å². The van der Waals surface area contributed by atoms with Gasteiger partial charge in [0.05, 0.1) is 17.4 Å². The summed E-state index contributed by atoms with van der Waals surface area (Å²) < 4.78 is 31.9. The second-order valence-electron chi connectivity index (χ2n) is 4.82. The number of ether oxygens (including phenoxy) is 1. The Kier molecular flexibility index (Phi) is 4.63. The number of hydrogen-bond acceptors (Lipinski definition) is 3. The van der Waals surface area contributed by atoms with E-state index in [0.29, 0.717) is 18.9 Å². The van der Waals surface area contributed by atoms with Gasteiger partial charge in [0.1, 0.15) is 0 Å². The van der Waals surface area contributed by atoms with Gasteiger partial charge in [0.25, 0.3) is 0 Å². The van der Waals surface area contributed by atoms with E-state index in [9.17, 15) is 8.42 Å². The Labute approximate surface area is 103 Å². The van der Waals surface area contributed by atoms with Gasteiger partial charge in [-0.25, -0.2) is 13.1 Å². The Morgan fingerprint density at radius 2 is 2.25 bits per heavy atom. The zero-order chi connectivity index (χ0) is 12.4. The molecule has 0 bridgehead atoms. The van der Waals surface area contributed by atoms with Gasteiger partial charge in [-0.05, 0) is 26.2 Å². The summed E-state index contributed by atoms with van der Waals surface area (Å²) in [6.45, 7) is 6.20. The summed E-state index contributed by atoms with van der Waals surface area (Å²) in [6.07, 6.45) is 0.622. The van der Waals surface area contributed by atoms with Crippen molar-refractivity contribution in [3.63, 3.8) is 0 Å². The minimum atomic E-state index is -3.28. The van der Waals surface area contributed by atoms with Crippen LogP contribution in [0, 0.1) is 5.92 Å². The van der Waals surface area contributed by atoms with E-state index in [4.69, 9.17) is 16.3 Å². The summed E-state index contributed by atoms with van der Waals surface area (Å²) in [6, 6.07) is 0. The lowest BCUT2D eigenvalue weighted by Crippen LogP contribution is -2.51. The smallest absolute Gasteiger partial charge is 0.212 e. The lowest BCUT2D eigenvalue weighted by molar-refractivity contribution is 0.0957. The third kappa shape index (κ3) is 3.58. The zero-order valence-electron chi connectivity index (χ0n) is 9.99. The highest BCUT2D eigenvalue weighted by Crippen LogP contribution is 2.26. The van der Waals surface area contributed by atoms with Crippen molar-refractivity contribution in [2.75, 3.05) is 18.2 Å². The average molecular weight is 270 g/mol. The molecule has 0 aromatic heterocycles. The summed E-state index contributed by atoms with van der Waals surface area (Å²) >= 11 is 5.62. The Morgan fingerprint density at radius 1 is 1.62 bits per heavy atom. The van der Waals surface area contributed by atoms with Crippen LogP contribution in [0.2, 0.25) is 0 Å². The molecule has 3 unspecified atom stereocenters. The highest BCUT2D eigenvalue weighted by atomic mass is 35.5. The van der Waals surface area contributed by atoms with Crippen molar-refractivity contribution in [3.05, 3.63) is 0 Å². The molecular formula is C10H20ClNO3S. The Balaban J connectivity index is 2.65. The van der Waals surface area contributed by atoms with E-state index in [1.807, 2.05) is 20.8 Å². The lowest BCUT2D eigenvalue weighted by atomic mass is 9.97. The monoisotopic (exact) mass is 269 g/mol. The van der Waals surface area contributed by atoms with E-state index in [0.717, 1.165) is 0 Å². The Morgan fingerprint density at radius 3 is 2.69 bits per heavy atom. The van der Waals surface area contributed by atoms with Crippen LogP contribution in [-0.4, -0.2) is 38.3 Å². The van der Waals surface area contributed by atoms with Gasteiger partial charge in [-0.2, -0.15) is 0 Å². The molecule has 0 aliphatic carbocycles. The minimum Gasteiger partial charge on any atom is -0.376 e. The van der Waals surface area contributed by atoms with Gasteiger partial charge in [-0.1, -0.05) is 6.92 Å². The highest BCUT2D eigenvalue weighted by Gasteiger charge is 2.40. The van der Waals surface area contributed by atoms with E-state index in [-0.39, 0.29) is 17.8 Å². The van der Waals surface area contributed by atoms with E-state index in [1.54, 1.807) is 0 Å². The molecule has 1 N–H and O–H groups in total. The molecule has 0 spiro atoms. The van der Waals surface area contributed by atoms with Gasteiger partial charge in [0.2, 0.25) is 10.0 Å². The first-order valence-corrected chi connectivity index (χ1v) is 7.67. The summed E-state index contributed by atoms with van der Waals surface area (Å²) in [5.74, 6) is 0.378. The fraction of sp³-hybridized carbons (Fsp3) is 1.00. The van der Waals surface area contributed by atoms with Crippen molar-refractivity contribution in [1.29, 1.82) is 0 Å². The molecule has 3 atom stereocenters. The Hall–Kier alpha value is 0.160. The van der Waals surface area contributed by atoms with E-state index in [2.05, 4.69) is 4.72 Å². The molecular weight excluding hydrogens is 250 g/mol. The third-order valence-corrected chi connectivity index (χ3v) is 5.35. The molecule has 4 nitrogen and oxygen atoms in total. The fourth-order valence-corrected chi connectivity index (χ4v) is 3.95. The quantitative estimate of drug-likeness (QED) is 0.767. The molecule has 0 amide bonds. The molecule has 1 rings (SSSR count). The van der Waals surface area contributed by atoms with Crippen LogP contribution < -0.4 is 4.72 Å². The standard InChI is InChI=1S/C10H20ClNO3S/c1-8(6-11)7-16(13,14)12-10(3)4-5-15-9(10)2/h8-9,12H,4-7H2,1-3H3. The van der Waals surface area contributed by atoms with Crippen LogP contribution in [0.3, 0.4) is 0 Å². The zero-order valence-corrected chi connectivity index (χ0v) is 11.6. The molecule has 0 saturated carbocycles. The number of hydrogen-bond donors (Lipinski definition) is 1. The van der Waals surface area contributed by atoms with Crippen molar-refractivity contribution in [2.45, 2.75) is 38.8 Å². The van der Waals surface area contributed by atoms with Crippen LogP contribution in [0.1, 0.15) is 27.2 Å². The van der Waals surface area contributed by atoms with E-state index >= 15 is 0 Å². The maximum Gasteiger partial charge on any atom is 0.212 e. The molecule has 0 aromatic rings. The van der Waals surface area contributed by atoms with Crippen LogP contribution in [-0.2, 0) is 14.8 Å². The van der Waals surface area contributed by atoms with Crippen LogP contribution in [0.25, 0.3) is 0 Å². The molecule has 0 radical (unpaired) electrons. The van der Waals surface area contributed by atoms with Crippen LogP contribution in [0.5, 0.6) is 0 Å². The molecule has 1 aliphatic rings. The van der Waals surface area contributed by atoms with E-state index in [1.165, 1.54) is 0 Å². The van der Waals surface area contributed by atoms with Gasteiger partial charge in [0.15, 0.2) is 0 Å². The maximum atomic E-state index is 11.9. The van der Waals surface area contributed by atoms with Crippen molar-refractivity contribution in [1.82, 2.24) is 4.72 Å². The van der Waals surface area contributed by atoms with Crippen molar-refractivity contribution < 1.29 is 13.2 Å². The van der Waals surface area contributed by atoms with Crippen molar-refractivity contribution >= 4 is 21.6 Å². The number of alkyl halides is 1. The van der Waals surface area contributed by atoms with Crippen molar-refractivity contribution in [3.8, 4) is 0 Å².